The van der Waals surface area contributed by atoms with Crippen LogP contribution in [0.25, 0.3) is 0 Å². The molecule has 5 nitrogen and oxygen atoms in total. The van der Waals surface area contributed by atoms with Gasteiger partial charge in [0.2, 0.25) is 5.91 Å². The van der Waals surface area contributed by atoms with Gasteiger partial charge in [0, 0.05) is 37.9 Å². The van der Waals surface area contributed by atoms with E-state index in [1.807, 2.05) is 12.4 Å². The van der Waals surface area contributed by atoms with E-state index < -0.39 is 0 Å². The minimum absolute atomic E-state index is 0. The average molecular weight is 375 g/mol. The highest BCUT2D eigenvalue weighted by Crippen LogP contribution is 2.45. The predicted molar refractivity (Wildman–Crippen MR) is 98.9 cm³/mol. The minimum atomic E-state index is -0.0875. The molecule has 1 aromatic heterocycles. The maximum absolute atomic E-state index is 13.2. The molecular weight excluding hydrogens is 347 g/mol. The van der Waals surface area contributed by atoms with Crippen LogP contribution in [0, 0.1) is 11.3 Å². The Hall–Kier alpha value is -0.780. The van der Waals surface area contributed by atoms with E-state index in [2.05, 4.69) is 20.2 Å². The summed E-state index contributed by atoms with van der Waals surface area (Å²) in [6, 6.07) is 0. The first kappa shape index (κ1) is 19.5. The number of rotatable bonds is 2. The van der Waals surface area contributed by atoms with E-state index in [0.717, 1.165) is 51.3 Å². The highest BCUT2D eigenvalue weighted by atomic mass is 35.5. The van der Waals surface area contributed by atoms with Gasteiger partial charge in [-0.25, -0.2) is 4.98 Å². The summed E-state index contributed by atoms with van der Waals surface area (Å²) in [5.41, 5.74) is -0.0875. The molecule has 24 heavy (non-hydrogen) atoms. The molecule has 1 amide bonds. The molecule has 1 aliphatic carbocycles. The van der Waals surface area contributed by atoms with E-state index in [0.29, 0.717) is 17.7 Å². The zero-order valence-corrected chi connectivity index (χ0v) is 15.6. The van der Waals surface area contributed by atoms with Gasteiger partial charge in [-0.1, -0.05) is 12.8 Å². The number of imidazole rings is 1. The number of nitrogens with one attached hydrogen (secondary N) is 2. The Labute approximate surface area is 156 Å². The van der Waals surface area contributed by atoms with Crippen LogP contribution in [0.15, 0.2) is 12.4 Å². The first-order chi connectivity index (χ1) is 10.8. The molecule has 3 aliphatic rings. The fourth-order valence-corrected chi connectivity index (χ4v) is 4.84. The highest BCUT2D eigenvalue weighted by molar-refractivity contribution is 5.85. The largest absolute Gasteiger partial charge is 0.348 e. The summed E-state index contributed by atoms with van der Waals surface area (Å²) in [6.45, 7) is 3.71. The molecule has 136 valence electrons. The van der Waals surface area contributed by atoms with Crippen molar-refractivity contribution < 1.29 is 4.79 Å². The van der Waals surface area contributed by atoms with E-state index in [9.17, 15) is 4.79 Å². The molecule has 0 spiro atoms. The number of hydrogen-bond donors (Lipinski definition) is 2. The lowest BCUT2D eigenvalue weighted by Gasteiger charge is -2.42. The number of likely N-dealkylation sites (tertiary alicyclic amines) is 1. The number of nitrogens with zero attached hydrogens (tertiary/aromatic N) is 2. The predicted octanol–water partition coefficient (Wildman–Crippen LogP) is 2.74. The summed E-state index contributed by atoms with van der Waals surface area (Å²) in [7, 11) is 0. The van der Waals surface area contributed by atoms with E-state index in [1.54, 1.807) is 0 Å². The summed E-state index contributed by atoms with van der Waals surface area (Å²) in [4.78, 5) is 23.0. The number of halogens is 2. The van der Waals surface area contributed by atoms with E-state index >= 15 is 0 Å². The number of H-pyrrole nitrogens is 1. The van der Waals surface area contributed by atoms with E-state index in [4.69, 9.17) is 0 Å². The molecule has 0 aromatic carbocycles. The van der Waals surface area contributed by atoms with Gasteiger partial charge in [0.05, 0.1) is 5.41 Å². The lowest BCUT2D eigenvalue weighted by Crippen LogP contribution is -2.51. The summed E-state index contributed by atoms with van der Waals surface area (Å²) < 4.78 is 0. The third-order valence-electron chi connectivity index (χ3n) is 6.15. The summed E-state index contributed by atoms with van der Waals surface area (Å²) in [5.74, 6) is 2.57. The normalized spacial score (nSPS) is 30.2. The van der Waals surface area contributed by atoms with Crippen LogP contribution in [-0.4, -0.2) is 47.0 Å². The quantitative estimate of drug-likeness (QED) is 0.836. The van der Waals surface area contributed by atoms with Gasteiger partial charge in [0.15, 0.2) is 0 Å². The summed E-state index contributed by atoms with van der Waals surface area (Å²) >= 11 is 0. The van der Waals surface area contributed by atoms with Crippen LogP contribution < -0.4 is 5.32 Å². The van der Waals surface area contributed by atoms with Crippen molar-refractivity contribution in [2.75, 3.05) is 26.2 Å². The Morgan fingerprint density at radius 2 is 2.00 bits per heavy atom. The molecule has 3 fully saturated rings. The van der Waals surface area contributed by atoms with Gasteiger partial charge in [-0.2, -0.15) is 0 Å². The Bertz CT molecular complexity index is 531. The molecule has 1 aromatic rings. The van der Waals surface area contributed by atoms with E-state index in [-0.39, 0.29) is 30.2 Å². The van der Waals surface area contributed by atoms with Crippen molar-refractivity contribution in [1.29, 1.82) is 0 Å². The number of aromatic nitrogens is 2. The van der Waals surface area contributed by atoms with Gasteiger partial charge in [0.25, 0.3) is 0 Å². The molecule has 0 radical (unpaired) electrons. The topological polar surface area (TPSA) is 61.0 Å². The number of carbonyl (C=O) groups excluding carboxylic acids is 1. The first-order valence-corrected chi connectivity index (χ1v) is 8.79. The number of carbonyl (C=O) groups is 1. The maximum atomic E-state index is 13.2. The molecule has 0 bridgehead atoms. The Morgan fingerprint density at radius 3 is 2.71 bits per heavy atom. The summed E-state index contributed by atoms with van der Waals surface area (Å²) in [5, 5.41) is 3.49. The molecular formula is C17H28Cl2N4O. The van der Waals surface area contributed by atoms with Crippen LogP contribution in [0.4, 0.5) is 0 Å². The Balaban J connectivity index is 0.00000104. The lowest BCUT2D eigenvalue weighted by molar-refractivity contribution is -0.146. The molecule has 2 N–H and O–H groups in total. The van der Waals surface area contributed by atoms with Crippen LogP contribution in [0.3, 0.4) is 0 Å². The van der Waals surface area contributed by atoms with Crippen LogP contribution in [0.2, 0.25) is 0 Å². The fraction of sp³-hybridized carbons (Fsp3) is 0.765. The summed E-state index contributed by atoms with van der Waals surface area (Å²) in [6.07, 6.45) is 10.6. The Kier molecular flexibility index (Phi) is 6.57. The SMILES string of the molecule is Cl.Cl.O=C(N1CCC(c2ncc[nH]2)CC1)[C@@]12CCCC[C@H]1CNC2. The van der Waals surface area contributed by atoms with Gasteiger partial charge in [-0.3, -0.25) is 4.79 Å². The van der Waals surface area contributed by atoms with Crippen molar-refractivity contribution in [3.63, 3.8) is 0 Å². The monoisotopic (exact) mass is 374 g/mol. The number of aromatic amines is 1. The van der Waals surface area contributed by atoms with Crippen molar-refractivity contribution in [1.82, 2.24) is 20.2 Å². The molecule has 2 atom stereocenters. The smallest absolute Gasteiger partial charge is 0.230 e. The Morgan fingerprint density at radius 1 is 1.21 bits per heavy atom. The second-order valence-corrected chi connectivity index (χ2v) is 7.27. The van der Waals surface area contributed by atoms with Crippen LogP contribution in [-0.2, 0) is 4.79 Å². The van der Waals surface area contributed by atoms with Gasteiger partial charge in [-0.15, -0.1) is 24.8 Å². The highest BCUT2D eigenvalue weighted by Gasteiger charge is 2.51. The van der Waals surface area contributed by atoms with Crippen LogP contribution in [0.1, 0.15) is 50.3 Å². The first-order valence-electron chi connectivity index (χ1n) is 8.79. The molecule has 1 saturated carbocycles. The zero-order valence-electron chi connectivity index (χ0n) is 14.0. The van der Waals surface area contributed by atoms with Gasteiger partial charge in [0.1, 0.15) is 5.82 Å². The third-order valence-corrected chi connectivity index (χ3v) is 6.15. The van der Waals surface area contributed by atoms with Crippen molar-refractivity contribution in [2.45, 2.75) is 44.4 Å². The second kappa shape index (κ2) is 8.07. The number of hydrogen-bond acceptors (Lipinski definition) is 3. The molecule has 2 saturated heterocycles. The van der Waals surface area contributed by atoms with Gasteiger partial charge < -0.3 is 15.2 Å². The zero-order chi connectivity index (χ0) is 15.0. The molecule has 7 heteroatoms. The fourth-order valence-electron chi connectivity index (χ4n) is 4.84. The third kappa shape index (κ3) is 3.31. The van der Waals surface area contributed by atoms with Crippen LogP contribution >= 0.6 is 24.8 Å². The maximum Gasteiger partial charge on any atom is 0.230 e. The minimum Gasteiger partial charge on any atom is -0.348 e. The molecule has 3 heterocycles. The molecule has 2 aliphatic heterocycles. The number of piperidine rings is 1. The van der Waals surface area contributed by atoms with Crippen molar-refractivity contribution in [3.05, 3.63) is 18.2 Å². The lowest BCUT2D eigenvalue weighted by atomic mass is 9.67. The average Bonchev–Trinajstić information content (AvgIpc) is 3.24. The number of fused-ring (bicyclic) bond motifs is 1. The number of amides is 1. The standard InChI is InChI=1S/C17H26N4O.2ClH/c22-16(17-6-2-1-3-14(17)11-18-12-17)21-9-4-13(5-10-21)15-19-7-8-20-15;;/h7-8,13-14,18H,1-6,9-12H2,(H,19,20);2*1H/t14-,17+;;/m0../s1. The second-order valence-electron chi connectivity index (χ2n) is 7.27. The van der Waals surface area contributed by atoms with E-state index in [1.165, 1.54) is 19.3 Å². The van der Waals surface area contributed by atoms with Crippen molar-refractivity contribution >= 4 is 30.7 Å². The van der Waals surface area contributed by atoms with Gasteiger partial charge in [-0.05, 0) is 38.1 Å². The van der Waals surface area contributed by atoms with Crippen molar-refractivity contribution in [3.8, 4) is 0 Å². The van der Waals surface area contributed by atoms with Crippen LogP contribution in [0.5, 0.6) is 0 Å². The van der Waals surface area contributed by atoms with Gasteiger partial charge >= 0.3 is 0 Å². The molecule has 0 unspecified atom stereocenters. The molecule has 4 rings (SSSR count). The van der Waals surface area contributed by atoms with Crippen molar-refractivity contribution in [2.24, 2.45) is 11.3 Å².